The molecule has 1 heterocycles. The van der Waals surface area contributed by atoms with Crippen LogP contribution in [-0.4, -0.2) is 170 Å². The summed E-state index contributed by atoms with van der Waals surface area (Å²) < 4.78 is 0. The molecule has 0 saturated carbocycles. The van der Waals surface area contributed by atoms with Crippen molar-refractivity contribution in [2.75, 3.05) is 45.8 Å². The summed E-state index contributed by atoms with van der Waals surface area (Å²) in [5, 5.41) is 47.1. The van der Waals surface area contributed by atoms with Crippen molar-refractivity contribution in [2.45, 2.75) is 134 Å². The number of hydrogen-bond acceptors (Lipinski definition) is 14. The second kappa shape index (κ2) is 36.7. The number of amides is 10. The zero-order valence-electron chi connectivity index (χ0n) is 52.1. The van der Waals surface area contributed by atoms with E-state index in [9.17, 15) is 43.2 Å². The first-order valence-electron chi connectivity index (χ1n) is 30.5. The van der Waals surface area contributed by atoms with Crippen LogP contribution in [0.3, 0.4) is 0 Å². The molecular formula is C63H90N18O10. The summed E-state index contributed by atoms with van der Waals surface area (Å²) in [5.41, 5.74) is 24.6. The van der Waals surface area contributed by atoms with Gasteiger partial charge in [0, 0.05) is 58.5 Å². The number of fused-ring (bicyclic) bond motifs is 1. The number of primary amides is 2. The molecule has 0 aromatic heterocycles. The highest BCUT2D eigenvalue weighted by atomic mass is 16.2. The summed E-state index contributed by atoms with van der Waals surface area (Å²) >= 11 is 0. The van der Waals surface area contributed by atoms with Crippen molar-refractivity contribution >= 4 is 81.8 Å². The Kier molecular flexibility index (Phi) is 29.1. The van der Waals surface area contributed by atoms with Gasteiger partial charge in [0.25, 0.3) is 0 Å². The lowest BCUT2D eigenvalue weighted by Gasteiger charge is -2.29. The number of carbonyl (C=O) groups excluding carboxylic acids is 10. The quantitative estimate of drug-likeness (QED) is 0.0132. The third-order valence-corrected chi connectivity index (χ3v) is 15.0. The van der Waals surface area contributed by atoms with E-state index < -0.39 is 108 Å². The minimum absolute atomic E-state index is 0.0270. The summed E-state index contributed by atoms with van der Waals surface area (Å²) in [4.78, 5) is 140. The Bertz CT molecular complexity index is 3160. The summed E-state index contributed by atoms with van der Waals surface area (Å²) in [6.07, 6.45) is -0.477. The van der Waals surface area contributed by atoms with Crippen molar-refractivity contribution in [3.63, 3.8) is 0 Å². The van der Waals surface area contributed by atoms with E-state index in [1.165, 1.54) is 6.92 Å². The van der Waals surface area contributed by atoms with Gasteiger partial charge in [-0.25, -0.2) is 0 Å². The minimum atomic E-state index is -1.52. The van der Waals surface area contributed by atoms with Gasteiger partial charge in [-0.15, -0.1) is 0 Å². The van der Waals surface area contributed by atoms with E-state index >= 15 is 4.79 Å². The van der Waals surface area contributed by atoms with Crippen molar-refractivity contribution < 1.29 is 47.9 Å². The van der Waals surface area contributed by atoms with Crippen LogP contribution in [0.2, 0.25) is 0 Å². The van der Waals surface area contributed by atoms with Gasteiger partial charge in [0.15, 0.2) is 11.9 Å². The number of piperazine rings is 1. The Morgan fingerprint density at radius 3 is 1.47 bits per heavy atom. The SMILES string of the molecule is Cc1ccc(C[C@H](NC(=O)CN2CCNCC2)C(=O)N[C@@H](Cc2ccc3ccccc3c2)C(=O)N[C@@H](CC(C)C)C(=O)N[C@@H](Cc2ccccc2)C(=O)N[C@@H](CCCNC(=N)N)C(=O)N[C@@H](C)C(=O)N[C@@H](CCCNC(=N)N)C(=O)N[C@@H](CC(N)=O)C(N)=O)cc1. The van der Waals surface area contributed by atoms with E-state index in [2.05, 4.69) is 58.5 Å². The number of nitrogens with one attached hydrogen (secondary N) is 13. The van der Waals surface area contributed by atoms with Gasteiger partial charge in [-0.2, -0.15) is 0 Å². The normalized spacial score (nSPS) is 14.9. The van der Waals surface area contributed by atoms with Crippen molar-refractivity contribution in [3.05, 3.63) is 119 Å². The molecule has 28 nitrogen and oxygen atoms in total. The molecule has 8 atom stereocenters. The zero-order valence-corrected chi connectivity index (χ0v) is 52.1. The molecule has 1 aliphatic heterocycles. The van der Waals surface area contributed by atoms with Crippen LogP contribution in [0.4, 0.5) is 0 Å². The maximum absolute atomic E-state index is 15.0. The highest BCUT2D eigenvalue weighted by molar-refractivity contribution is 5.99. The fourth-order valence-electron chi connectivity index (χ4n) is 10.1. The smallest absolute Gasteiger partial charge is 0.243 e. The fraction of sp³-hybridized carbons (Fsp3) is 0.460. The number of carbonyl (C=O) groups is 10. The highest BCUT2D eigenvalue weighted by Gasteiger charge is 2.35. The molecule has 0 unspecified atom stereocenters. The van der Waals surface area contributed by atoms with Gasteiger partial charge in [0.05, 0.1) is 13.0 Å². The molecule has 0 aliphatic carbocycles. The van der Waals surface area contributed by atoms with Crippen LogP contribution in [0, 0.1) is 23.7 Å². The predicted octanol–water partition coefficient (Wildman–Crippen LogP) is -2.09. The number of guanidine groups is 2. The van der Waals surface area contributed by atoms with Gasteiger partial charge in [-0.05, 0) is 79.3 Å². The third-order valence-electron chi connectivity index (χ3n) is 15.0. The highest BCUT2D eigenvalue weighted by Crippen LogP contribution is 2.18. The van der Waals surface area contributed by atoms with Gasteiger partial charge in [-0.3, -0.25) is 63.7 Å². The lowest BCUT2D eigenvalue weighted by atomic mass is 9.98. The van der Waals surface area contributed by atoms with Crippen molar-refractivity contribution in [1.82, 2.24) is 63.4 Å². The molecule has 10 amide bonds. The monoisotopic (exact) mass is 1260 g/mol. The van der Waals surface area contributed by atoms with E-state index in [4.69, 9.17) is 33.8 Å². The fourth-order valence-corrected chi connectivity index (χ4v) is 10.1. The Labute approximate surface area is 529 Å². The maximum atomic E-state index is 15.0. The summed E-state index contributed by atoms with van der Waals surface area (Å²) in [6.45, 7) is 9.88. The van der Waals surface area contributed by atoms with Crippen molar-refractivity contribution in [3.8, 4) is 0 Å². The number of hydrogen-bond donors (Lipinski definition) is 17. The lowest BCUT2D eigenvalue weighted by Crippen LogP contribution is -2.61. The molecule has 28 heteroatoms. The van der Waals surface area contributed by atoms with Gasteiger partial charge in [0.2, 0.25) is 59.1 Å². The number of benzene rings is 4. The van der Waals surface area contributed by atoms with Crippen molar-refractivity contribution in [2.24, 2.45) is 28.9 Å². The number of nitrogens with zero attached hydrogens (tertiary/aromatic N) is 1. The van der Waals surface area contributed by atoms with Crippen LogP contribution in [0.5, 0.6) is 0 Å². The van der Waals surface area contributed by atoms with Gasteiger partial charge in [-0.1, -0.05) is 116 Å². The second-order valence-electron chi connectivity index (χ2n) is 23.2. The van der Waals surface area contributed by atoms with Crippen molar-refractivity contribution in [1.29, 1.82) is 10.8 Å². The zero-order chi connectivity index (χ0) is 66.6. The van der Waals surface area contributed by atoms with Crippen LogP contribution < -0.4 is 81.4 Å². The summed E-state index contributed by atoms with van der Waals surface area (Å²) in [7, 11) is 0. The molecule has 0 radical (unpaired) electrons. The number of nitrogens with two attached hydrogens (primary N) is 4. The maximum Gasteiger partial charge on any atom is 0.243 e. The van der Waals surface area contributed by atoms with Crippen LogP contribution in [0.25, 0.3) is 10.8 Å². The average Bonchev–Trinajstić information content (AvgIpc) is 2.05. The van der Waals surface area contributed by atoms with Crippen LogP contribution in [0.1, 0.15) is 81.5 Å². The molecule has 1 fully saturated rings. The molecule has 4 aromatic rings. The summed E-state index contributed by atoms with van der Waals surface area (Å²) in [6, 6.07) is 18.8. The molecule has 21 N–H and O–H groups in total. The molecule has 0 spiro atoms. The average molecular weight is 1260 g/mol. The molecule has 1 aliphatic rings. The third kappa shape index (κ3) is 25.7. The van der Waals surface area contributed by atoms with E-state index in [0.717, 1.165) is 21.9 Å². The first-order valence-corrected chi connectivity index (χ1v) is 30.5. The molecule has 91 heavy (non-hydrogen) atoms. The Morgan fingerprint density at radius 1 is 0.495 bits per heavy atom. The van der Waals surface area contributed by atoms with E-state index in [0.29, 0.717) is 37.3 Å². The molecule has 4 aromatic carbocycles. The number of aryl methyl sites for hydroxylation is 1. The Balaban J connectivity index is 1.41. The molecule has 492 valence electrons. The topological polar surface area (TPSA) is 458 Å². The molecular weight excluding hydrogens is 1170 g/mol. The Hall–Kier alpha value is -9.70. The van der Waals surface area contributed by atoms with Crippen LogP contribution >= 0.6 is 0 Å². The van der Waals surface area contributed by atoms with Crippen LogP contribution in [0.15, 0.2) is 97.1 Å². The minimum Gasteiger partial charge on any atom is -0.370 e. The second-order valence-corrected chi connectivity index (χ2v) is 23.2. The predicted molar refractivity (Wildman–Crippen MR) is 344 cm³/mol. The largest absolute Gasteiger partial charge is 0.370 e. The van der Waals surface area contributed by atoms with Gasteiger partial charge < -0.3 is 81.4 Å². The lowest BCUT2D eigenvalue weighted by molar-refractivity contribution is -0.136. The molecule has 5 rings (SSSR count). The first kappa shape index (κ1) is 72.0. The van der Waals surface area contributed by atoms with E-state index in [1.54, 1.807) is 30.3 Å². The van der Waals surface area contributed by atoms with Gasteiger partial charge >= 0.3 is 0 Å². The standard InChI is InChI=1S/C63H90N18O10/c1-37(2)30-48(78-61(91)51(34-42-22-23-43-14-8-9-15-44(43)31-42)80-59(89)49(33-41-20-18-38(3)19-21-41)74-53(83)36-81-28-26-70-27-29-81)58(88)79-50(32-40-12-6-5-7-13-40)60(90)76-45(16-10-24-71-62(66)67)56(86)73-39(4)55(85)75-46(17-11-25-72-63(68)69)57(87)77-47(54(65)84)35-52(64)82/h5-9,12-15,18-23,31,37,39,45-51,70H,10-11,16-17,24-30,32-36H2,1-4H3,(H2,64,82)(H2,65,84)(H,73,86)(H,74,83)(H,75,85)(H,76,90)(H,77,87)(H,78,91)(H,79,88)(H,80,89)(H4,66,67,71)(H4,68,69,72)/t39-,45-,46-,47-,48-,49-,50-,51-/m0/s1. The Morgan fingerprint density at radius 2 is 0.934 bits per heavy atom. The summed E-state index contributed by atoms with van der Waals surface area (Å²) in [5.74, 6) is -8.93. The van der Waals surface area contributed by atoms with E-state index in [1.807, 2.05) is 92.4 Å². The first-order chi connectivity index (χ1) is 43.3. The van der Waals surface area contributed by atoms with E-state index in [-0.39, 0.29) is 94.7 Å². The molecule has 0 bridgehead atoms. The van der Waals surface area contributed by atoms with Gasteiger partial charge in [0.1, 0.15) is 48.3 Å². The van der Waals surface area contributed by atoms with Crippen LogP contribution in [-0.2, 0) is 67.2 Å². The number of rotatable bonds is 36. The molecule has 1 saturated heterocycles.